The second-order valence-electron chi connectivity index (χ2n) is 11.8. The van der Waals surface area contributed by atoms with Gasteiger partial charge in [0, 0.05) is 16.4 Å². The summed E-state index contributed by atoms with van der Waals surface area (Å²) in [6.07, 6.45) is 1.96. The van der Waals surface area contributed by atoms with E-state index in [9.17, 15) is 0 Å². The van der Waals surface area contributed by atoms with Gasteiger partial charge >= 0.3 is 20.1 Å². The fraction of sp³-hybridized carbons (Fsp3) is 0.146. The third-order valence-corrected chi connectivity index (χ3v) is 11.0. The Labute approximate surface area is 292 Å². The van der Waals surface area contributed by atoms with E-state index >= 15 is 0 Å². The third-order valence-electron chi connectivity index (χ3n) is 7.78. The van der Waals surface area contributed by atoms with Crippen LogP contribution in [0.15, 0.2) is 121 Å². The molecule has 0 bridgehead atoms. The molecule has 0 aliphatic rings. The average molecular weight is 799 g/mol. The number of fused-ring (bicyclic) bond motifs is 3. The Hall–Kier alpha value is -3.66. The number of aryl methyl sites for hydroxylation is 1. The minimum Gasteiger partial charge on any atom is -0.305 e. The molecule has 0 spiro atoms. The summed E-state index contributed by atoms with van der Waals surface area (Å²) in [6, 6.07) is 47.1. The van der Waals surface area contributed by atoms with Gasteiger partial charge in [0.05, 0.1) is 8.07 Å². The van der Waals surface area contributed by atoms with Gasteiger partial charge in [0.2, 0.25) is 0 Å². The largest absolute Gasteiger partial charge is 3.00 e. The first-order valence-corrected chi connectivity index (χ1v) is 19.0. The number of aromatic nitrogens is 1. The molecule has 7 rings (SSSR count). The molecule has 4 heteroatoms. The van der Waals surface area contributed by atoms with Crippen molar-refractivity contribution in [2.75, 3.05) is 0 Å². The first kappa shape index (κ1) is 27.6. The van der Waals surface area contributed by atoms with E-state index in [1.54, 1.807) is 17.4 Å². The van der Waals surface area contributed by atoms with E-state index < -0.39 is 20.8 Å². The molecule has 0 N–H and O–H groups in total. The number of hydrogen-bond donors (Lipinski definition) is 0. The van der Waals surface area contributed by atoms with E-state index in [1.165, 1.54) is 5.19 Å². The van der Waals surface area contributed by atoms with Crippen LogP contribution in [0, 0.1) is 25.1 Å². The normalized spacial score (nSPS) is 14.1. The molecule has 0 aliphatic heterocycles. The number of pyridine rings is 1. The smallest absolute Gasteiger partial charge is 0.305 e. The van der Waals surface area contributed by atoms with Crippen LogP contribution in [0.2, 0.25) is 19.6 Å². The van der Waals surface area contributed by atoms with Crippen LogP contribution in [-0.4, -0.2) is 13.1 Å². The molecular weight excluding hydrogens is 759 g/mol. The average Bonchev–Trinajstić information content (AvgIpc) is 3.48. The molecule has 0 amide bonds. The topological polar surface area (TPSA) is 12.9 Å². The van der Waals surface area contributed by atoms with E-state index in [-0.39, 0.29) is 20.1 Å². The van der Waals surface area contributed by atoms with Crippen LogP contribution in [0.4, 0.5) is 0 Å². The van der Waals surface area contributed by atoms with Crippen molar-refractivity contribution in [2.24, 2.45) is 0 Å². The van der Waals surface area contributed by atoms with Crippen LogP contribution in [-0.2, 0) is 20.1 Å². The molecular formula is C41H36IrNSSi. The number of thiophene rings is 1. The first-order chi connectivity index (χ1) is 22.8. The van der Waals surface area contributed by atoms with Crippen LogP contribution < -0.4 is 5.19 Å². The molecule has 0 fully saturated rings. The Kier molecular flexibility index (Phi) is 8.71. The summed E-state index contributed by atoms with van der Waals surface area (Å²) >= 11 is 1.61. The van der Waals surface area contributed by atoms with Crippen molar-refractivity contribution in [3.8, 4) is 22.4 Å². The van der Waals surface area contributed by atoms with E-state index in [2.05, 4.69) is 43.9 Å². The SMILES string of the molecule is [2H]C(C)(c1ccccc1)c1cc[c-]c(-c2[c-]cccc2)c1.[2H]C([2H])([2H])c1c[c-]c(-c2ccc([Si](C)(C)C)cn2)c2sc3ccccc3c12.[Ir+3]. The molecule has 45 heavy (non-hydrogen) atoms. The van der Waals surface area contributed by atoms with Gasteiger partial charge in [-0.1, -0.05) is 99.5 Å². The minimum atomic E-state index is -2.17. The first-order valence-electron chi connectivity index (χ1n) is 16.7. The molecule has 5 aromatic carbocycles. The van der Waals surface area contributed by atoms with E-state index in [1.807, 2.05) is 116 Å². The van der Waals surface area contributed by atoms with E-state index in [4.69, 9.17) is 10.5 Å². The van der Waals surface area contributed by atoms with Crippen LogP contribution in [0.1, 0.15) is 35.0 Å². The summed E-state index contributed by atoms with van der Waals surface area (Å²) in [5.74, 6) is -0.778. The maximum Gasteiger partial charge on any atom is 3.00 e. The zero-order chi connectivity index (χ0) is 34.1. The van der Waals surface area contributed by atoms with Crippen molar-refractivity contribution in [1.82, 2.24) is 4.98 Å². The van der Waals surface area contributed by atoms with Gasteiger partial charge in [-0.3, -0.25) is 0 Å². The Morgan fingerprint density at radius 1 is 0.800 bits per heavy atom. The van der Waals surface area contributed by atoms with E-state index in [0.29, 0.717) is 5.56 Å². The quantitative estimate of drug-likeness (QED) is 0.125. The van der Waals surface area contributed by atoms with Crippen LogP contribution in [0.3, 0.4) is 0 Å². The zero-order valence-electron chi connectivity index (χ0n) is 29.7. The summed E-state index contributed by atoms with van der Waals surface area (Å²) in [6.45, 7) is 6.64. The van der Waals surface area contributed by atoms with Gasteiger partial charge < -0.3 is 4.98 Å². The second-order valence-corrected chi connectivity index (χ2v) is 17.9. The molecule has 1 unspecified atom stereocenters. The predicted octanol–water partition coefficient (Wildman–Crippen LogP) is 10.9. The predicted molar refractivity (Wildman–Crippen MR) is 193 cm³/mol. The zero-order valence-corrected chi connectivity index (χ0v) is 29.9. The van der Waals surface area contributed by atoms with Gasteiger partial charge in [0.25, 0.3) is 0 Å². The van der Waals surface area contributed by atoms with Crippen molar-refractivity contribution in [2.45, 2.75) is 39.3 Å². The summed E-state index contributed by atoms with van der Waals surface area (Å²) in [4.78, 5) is 4.70. The molecule has 0 saturated heterocycles. The van der Waals surface area contributed by atoms with Crippen LogP contribution in [0.5, 0.6) is 0 Å². The van der Waals surface area contributed by atoms with Gasteiger partial charge in [0.1, 0.15) is 0 Å². The maximum absolute atomic E-state index is 8.74. The van der Waals surface area contributed by atoms with Crippen LogP contribution >= 0.6 is 11.3 Å². The maximum atomic E-state index is 8.74. The Morgan fingerprint density at radius 3 is 2.27 bits per heavy atom. The molecule has 1 nitrogen and oxygen atoms in total. The molecule has 224 valence electrons. The van der Waals surface area contributed by atoms with Gasteiger partial charge in [-0.15, -0.1) is 41.0 Å². The molecule has 0 radical (unpaired) electrons. The fourth-order valence-electron chi connectivity index (χ4n) is 5.22. The number of hydrogen-bond acceptors (Lipinski definition) is 2. The Bertz CT molecular complexity index is 2170. The number of benzene rings is 5. The Morgan fingerprint density at radius 2 is 1.56 bits per heavy atom. The molecule has 2 aromatic heterocycles. The van der Waals surface area contributed by atoms with Crippen molar-refractivity contribution in [1.29, 1.82) is 0 Å². The van der Waals surface area contributed by atoms with Gasteiger partial charge in [-0.2, -0.15) is 53.8 Å². The number of nitrogens with zero attached hydrogens (tertiary/aromatic N) is 1. The molecule has 7 aromatic rings. The van der Waals surface area contributed by atoms with Crippen LogP contribution in [0.25, 0.3) is 42.6 Å². The van der Waals surface area contributed by atoms with Crippen molar-refractivity contribution in [3.05, 3.63) is 156 Å². The fourth-order valence-corrected chi connectivity index (χ4v) is 7.49. The van der Waals surface area contributed by atoms with E-state index in [0.717, 1.165) is 53.7 Å². The third kappa shape index (κ3) is 7.26. The van der Waals surface area contributed by atoms with Crippen molar-refractivity contribution in [3.63, 3.8) is 0 Å². The second kappa shape index (κ2) is 14.2. The van der Waals surface area contributed by atoms with Crippen molar-refractivity contribution < 1.29 is 25.6 Å². The molecule has 2 heterocycles. The summed E-state index contributed by atoms with van der Waals surface area (Å²) in [7, 11) is -1.42. The molecule has 0 saturated carbocycles. The van der Waals surface area contributed by atoms with Crippen molar-refractivity contribution >= 4 is 44.8 Å². The molecule has 1 atom stereocenters. The summed E-state index contributed by atoms with van der Waals surface area (Å²) < 4.78 is 34.6. The summed E-state index contributed by atoms with van der Waals surface area (Å²) in [5, 5.41) is 3.09. The van der Waals surface area contributed by atoms with Gasteiger partial charge in [-0.05, 0) is 38.5 Å². The number of rotatable bonds is 5. The standard InChI is InChI=1S/C21H20NSSi.C20H16.Ir/c1-14-9-11-16(18-12-10-15(13-22-18)24(2,3)4)21-20(14)17-7-5-6-8-19(17)23-21;1-16(17-9-4-2-5-10-17)19-13-8-14-20(15-19)18-11-6-3-7-12-18;/h5-10,12-13H,1-4H3;2-11,13,15-16H,1H3;/q-1;-2;+3/i1D3;16D;. The summed E-state index contributed by atoms with van der Waals surface area (Å²) in [5.41, 5.74) is 5.99. The molecule has 0 aliphatic carbocycles. The monoisotopic (exact) mass is 799 g/mol. The minimum absolute atomic E-state index is 0. The van der Waals surface area contributed by atoms with Gasteiger partial charge in [0.15, 0.2) is 0 Å². The van der Waals surface area contributed by atoms with Gasteiger partial charge in [-0.25, -0.2) is 11.1 Å². The Balaban J connectivity index is 0.000000193.